The Morgan fingerprint density at radius 3 is 2.44 bits per heavy atom. The van der Waals surface area contributed by atoms with Crippen LogP contribution in [-0.4, -0.2) is 50.8 Å². The van der Waals surface area contributed by atoms with Gasteiger partial charge in [0.2, 0.25) is 5.91 Å². The van der Waals surface area contributed by atoms with Gasteiger partial charge in [0.05, 0.1) is 0 Å². The number of carbonyl (C=O) groups excluding carboxylic acids is 1. The van der Waals surface area contributed by atoms with Gasteiger partial charge in [0.15, 0.2) is 0 Å². The highest BCUT2D eigenvalue weighted by atomic mass is 16.2. The van der Waals surface area contributed by atoms with Gasteiger partial charge in [-0.2, -0.15) is 0 Å². The van der Waals surface area contributed by atoms with Crippen LogP contribution < -0.4 is 0 Å². The zero-order chi connectivity index (χ0) is 20.0. The third kappa shape index (κ3) is 4.13. The minimum atomic E-state index is -0.0770. The van der Waals surface area contributed by atoms with E-state index in [-0.39, 0.29) is 16.4 Å². The molecular formula is C22H36N4O. The van der Waals surface area contributed by atoms with Crippen molar-refractivity contribution in [3.8, 4) is 0 Å². The first kappa shape index (κ1) is 20.1. The Bertz CT molecular complexity index is 734. The van der Waals surface area contributed by atoms with Gasteiger partial charge in [0.25, 0.3) is 0 Å². The van der Waals surface area contributed by atoms with Crippen LogP contribution in [0.2, 0.25) is 0 Å². The van der Waals surface area contributed by atoms with Crippen molar-refractivity contribution < 1.29 is 4.79 Å². The molecule has 2 fully saturated rings. The largest absolute Gasteiger partial charge is 0.341 e. The molecule has 5 nitrogen and oxygen atoms in total. The van der Waals surface area contributed by atoms with E-state index in [0.29, 0.717) is 5.91 Å². The van der Waals surface area contributed by atoms with Gasteiger partial charge in [-0.1, -0.05) is 33.8 Å². The molecule has 5 heteroatoms. The smallest absolute Gasteiger partial charge is 0.228 e. The maximum absolute atomic E-state index is 12.7. The second-order valence-electron chi connectivity index (χ2n) is 10.2. The molecule has 1 aliphatic carbocycles. The Morgan fingerprint density at radius 1 is 1.26 bits per heavy atom. The van der Waals surface area contributed by atoms with Crippen molar-refractivity contribution in [1.82, 2.24) is 19.8 Å². The van der Waals surface area contributed by atoms with Crippen molar-refractivity contribution in [2.75, 3.05) is 19.6 Å². The number of carbonyl (C=O) groups is 1. The van der Waals surface area contributed by atoms with Crippen molar-refractivity contribution in [2.45, 2.75) is 73.4 Å². The molecule has 0 unspecified atom stereocenters. The molecule has 2 heterocycles. The number of piperazine rings is 1. The van der Waals surface area contributed by atoms with E-state index in [2.05, 4.69) is 74.3 Å². The van der Waals surface area contributed by atoms with E-state index >= 15 is 0 Å². The topological polar surface area (TPSA) is 52.2 Å². The summed E-state index contributed by atoms with van der Waals surface area (Å²) >= 11 is 0. The molecule has 3 rings (SSSR count). The van der Waals surface area contributed by atoms with Gasteiger partial charge in [-0.3, -0.25) is 9.69 Å². The summed E-state index contributed by atoms with van der Waals surface area (Å²) in [6, 6.07) is 0. The molecule has 0 bridgehead atoms. The first-order valence-corrected chi connectivity index (χ1v) is 10.2. The molecule has 0 spiro atoms. The molecule has 150 valence electrons. The number of amides is 1. The monoisotopic (exact) mass is 372 g/mol. The van der Waals surface area contributed by atoms with E-state index in [1.165, 1.54) is 5.57 Å². The highest BCUT2D eigenvalue weighted by molar-refractivity contribution is 5.85. The molecule has 0 radical (unpaired) electrons. The Balaban J connectivity index is 1.67. The predicted octanol–water partition coefficient (Wildman–Crippen LogP) is 4.08. The number of H-pyrrole nitrogens is 1. The number of nitrogens with one attached hydrogen (secondary N) is 1. The summed E-state index contributed by atoms with van der Waals surface area (Å²) < 4.78 is 0. The molecule has 1 amide bonds. The molecule has 2 aliphatic rings. The summed E-state index contributed by atoms with van der Waals surface area (Å²) in [6.45, 7) is 18.7. The van der Waals surface area contributed by atoms with Crippen LogP contribution in [0.15, 0.2) is 12.3 Å². The van der Waals surface area contributed by atoms with Crippen LogP contribution in [0.1, 0.15) is 72.8 Å². The number of imidazole rings is 1. The number of hydrogen-bond donors (Lipinski definition) is 1. The highest BCUT2D eigenvalue weighted by Gasteiger charge is 2.49. The molecule has 1 saturated heterocycles. The second-order valence-corrected chi connectivity index (χ2v) is 10.2. The highest BCUT2D eigenvalue weighted by Crippen LogP contribution is 2.47. The minimum absolute atomic E-state index is 0.0438. The summed E-state index contributed by atoms with van der Waals surface area (Å²) in [4.78, 5) is 25.4. The van der Waals surface area contributed by atoms with E-state index < -0.39 is 0 Å². The minimum Gasteiger partial charge on any atom is -0.341 e. The number of hydrogen-bond acceptors (Lipinski definition) is 3. The van der Waals surface area contributed by atoms with Crippen LogP contribution in [-0.2, 0) is 11.3 Å². The molecule has 27 heavy (non-hydrogen) atoms. The van der Waals surface area contributed by atoms with Gasteiger partial charge in [0.1, 0.15) is 5.82 Å². The fourth-order valence-corrected chi connectivity index (χ4v) is 4.15. The predicted molar refractivity (Wildman–Crippen MR) is 110 cm³/mol. The average Bonchev–Trinajstić information content (AvgIpc) is 3.14. The quantitative estimate of drug-likeness (QED) is 0.866. The zero-order valence-electron chi connectivity index (χ0n) is 18.1. The van der Waals surface area contributed by atoms with E-state index in [1.54, 1.807) is 0 Å². The van der Waals surface area contributed by atoms with Gasteiger partial charge in [0, 0.05) is 49.0 Å². The Kier molecular flexibility index (Phi) is 5.04. The lowest BCUT2D eigenvalue weighted by atomic mass is 9.86. The SMILES string of the molecule is C/C=C(\c1ncc(CN2CCN(C(=O)C3(C)CC3)CC2(C)C)[nH]1)C(C)(C)C. The number of rotatable bonds is 4. The number of nitrogens with zero attached hydrogens (tertiary/aromatic N) is 3. The average molecular weight is 373 g/mol. The molecule has 1 N–H and O–H groups in total. The summed E-state index contributed by atoms with van der Waals surface area (Å²) in [5.41, 5.74) is 2.31. The molecule has 0 atom stereocenters. The maximum Gasteiger partial charge on any atom is 0.228 e. The van der Waals surface area contributed by atoms with E-state index in [4.69, 9.17) is 0 Å². The second kappa shape index (κ2) is 6.77. The molecule has 1 saturated carbocycles. The fraction of sp³-hybridized carbons (Fsp3) is 0.727. The fourth-order valence-electron chi connectivity index (χ4n) is 4.15. The van der Waals surface area contributed by atoms with Gasteiger partial charge in [-0.25, -0.2) is 4.98 Å². The Morgan fingerprint density at radius 2 is 1.93 bits per heavy atom. The molecule has 0 aromatic carbocycles. The number of aromatic amines is 1. The Labute approximate surface area is 164 Å². The lowest BCUT2D eigenvalue weighted by molar-refractivity contribution is -0.141. The normalized spacial score (nSPS) is 22.8. The van der Waals surface area contributed by atoms with E-state index in [9.17, 15) is 4.79 Å². The standard InChI is InChI=1S/C22H36N4O/c1-8-17(20(2,3)4)18-23-13-16(24-18)14-26-12-11-25(15-21(26,5)6)19(27)22(7)9-10-22/h8,13H,9-12,14-15H2,1-7H3,(H,23,24)/b17-8+. The number of allylic oxidation sites excluding steroid dienone is 2. The van der Waals surface area contributed by atoms with Crippen LogP contribution in [0.3, 0.4) is 0 Å². The van der Waals surface area contributed by atoms with Gasteiger partial charge in [-0.15, -0.1) is 0 Å². The zero-order valence-corrected chi connectivity index (χ0v) is 18.1. The van der Waals surface area contributed by atoms with Crippen molar-refractivity contribution in [3.63, 3.8) is 0 Å². The maximum atomic E-state index is 12.7. The summed E-state index contributed by atoms with van der Waals surface area (Å²) in [5.74, 6) is 1.32. The van der Waals surface area contributed by atoms with Crippen molar-refractivity contribution >= 4 is 11.5 Å². The van der Waals surface area contributed by atoms with Crippen LogP contribution in [0.25, 0.3) is 5.57 Å². The third-order valence-corrected chi connectivity index (χ3v) is 6.22. The van der Waals surface area contributed by atoms with Gasteiger partial charge >= 0.3 is 0 Å². The van der Waals surface area contributed by atoms with E-state index in [0.717, 1.165) is 50.5 Å². The summed E-state index contributed by atoms with van der Waals surface area (Å²) in [7, 11) is 0. The van der Waals surface area contributed by atoms with Crippen molar-refractivity contribution in [3.05, 3.63) is 23.8 Å². The summed E-state index contributed by atoms with van der Waals surface area (Å²) in [5, 5.41) is 0. The molecule has 1 aromatic rings. The van der Waals surface area contributed by atoms with E-state index in [1.807, 2.05) is 6.20 Å². The molecule has 1 aromatic heterocycles. The first-order valence-electron chi connectivity index (χ1n) is 10.2. The van der Waals surface area contributed by atoms with Crippen LogP contribution in [0.5, 0.6) is 0 Å². The van der Waals surface area contributed by atoms with Crippen LogP contribution >= 0.6 is 0 Å². The molecular weight excluding hydrogens is 336 g/mol. The van der Waals surface area contributed by atoms with Gasteiger partial charge in [-0.05, 0) is 44.6 Å². The third-order valence-electron chi connectivity index (χ3n) is 6.22. The lowest BCUT2D eigenvalue weighted by Crippen LogP contribution is -2.60. The van der Waals surface area contributed by atoms with Crippen molar-refractivity contribution in [2.24, 2.45) is 10.8 Å². The number of aromatic nitrogens is 2. The van der Waals surface area contributed by atoms with Gasteiger partial charge < -0.3 is 9.88 Å². The summed E-state index contributed by atoms with van der Waals surface area (Å²) in [6.07, 6.45) is 6.20. The lowest BCUT2D eigenvalue weighted by Gasteiger charge is -2.47. The Hall–Kier alpha value is -1.62. The van der Waals surface area contributed by atoms with Crippen LogP contribution in [0.4, 0.5) is 0 Å². The van der Waals surface area contributed by atoms with Crippen LogP contribution in [0, 0.1) is 10.8 Å². The van der Waals surface area contributed by atoms with Crippen molar-refractivity contribution in [1.29, 1.82) is 0 Å². The first-order chi connectivity index (χ1) is 12.5. The molecule has 1 aliphatic heterocycles.